The Morgan fingerprint density at radius 2 is 1.86 bits per heavy atom. The number of nitrogens with zero attached hydrogens (tertiary/aromatic N) is 4. The minimum atomic E-state index is -0.0958. The van der Waals surface area contributed by atoms with Crippen molar-refractivity contribution in [1.82, 2.24) is 25.1 Å². The highest BCUT2D eigenvalue weighted by atomic mass is 16.2. The third-order valence-electron chi connectivity index (χ3n) is 6.91. The van der Waals surface area contributed by atoms with Crippen LogP contribution in [-0.2, 0) is 17.9 Å². The Balaban J connectivity index is 1.49. The number of aromatic nitrogens is 2. The van der Waals surface area contributed by atoms with Crippen molar-refractivity contribution in [3.05, 3.63) is 65.9 Å². The van der Waals surface area contributed by atoms with Gasteiger partial charge in [-0.05, 0) is 75.7 Å². The van der Waals surface area contributed by atoms with Gasteiger partial charge in [-0.2, -0.15) is 0 Å². The zero-order valence-corrected chi connectivity index (χ0v) is 22.0. The summed E-state index contributed by atoms with van der Waals surface area (Å²) in [6.07, 6.45) is 3.72. The Morgan fingerprint density at radius 1 is 1.03 bits per heavy atom. The Kier molecular flexibility index (Phi) is 7.67. The van der Waals surface area contributed by atoms with E-state index < -0.39 is 0 Å². The Bertz CT molecular complexity index is 1230. The predicted octanol–water partition coefficient (Wildman–Crippen LogP) is 4.23. The molecule has 1 amide bonds. The second-order valence-electron chi connectivity index (χ2n) is 10.5. The normalized spacial score (nSPS) is 19.2. The lowest BCUT2D eigenvalue weighted by atomic mass is 10.1. The molecule has 4 heterocycles. The molecule has 1 aromatic heterocycles. The zero-order chi connectivity index (χ0) is 25.8. The van der Waals surface area contributed by atoms with Gasteiger partial charge in [0.15, 0.2) is 0 Å². The Hall–Kier alpha value is -3.49. The van der Waals surface area contributed by atoms with E-state index in [1.165, 1.54) is 5.56 Å². The van der Waals surface area contributed by atoms with Crippen molar-refractivity contribution < 1.29 is 4.79 Å². The molecule has 0 saturated carbocycles. The summed E-state index contributed by atoms with van der Waals surface area (Å²) >= 11 is 0. The first-order valence-electron chi connectivity index (χ1n) is 13.2. The largest absolute Gasteiger partial charge is 0.383 e. The molecule has 8 nitrogen and oxygen atoms in total. The van der Waals surface area contributed by atoms with Gasteiger partial charge >= 0.3 is 0 Å². The lowest BCUT2D eigenvalue weighted by Crippen LogP contribution is -2.44. The zero-order valence-electron chi connectivity index (χ0n) is 22.0. The van der Waals surface area contributed by atoms with E-state index in [9.17, 15) is 4.79 Å². The van der Waals surface area contributed by atoms with Crippen LogP contribution in [0.2, 0.25) is 0 Å². The second-order valence-corrected chi connectivity index (χ2v) is 10.5. The van der Waals surface area contributed by atoms with Crippen LogP contribution in [-0.4, -0.2) is 64.4 Å². The van der Waals surface area contributed by atoms with Gasteiger partial charge in [0.05, 0.1) is 11.7 Å². The van der Waals surface area contributed by atoms with E-state index >= 15 is 0 Å². The van der Waals surface area contributed by atoms with E-state index in [-0.39, 0.29) is 11.9 Å². The van der Waals surface area contributed by atoms with Gasteiger partial charge in [0.25, 0.3) is 0 Å². The summed E-state index contributed by atoms with van der Waals surface area (Å²) in [5.41, 5.74) is 6.26. The smallest absolute Gasteiger partial charge is 0.237 e. The van der Waals surface area contributed by atoms with Crippen molar-refractivity contribution in [1.29, 1.82) is 0 Å². The number of fused-ring (bicyclic) bond motifs is 7. The van der Waals surface area contributed by atoms with Crippen molar-refractivity contribution in [2.24, 2.45) is 0 Å². The third kappa shape index (κ3) is 6.45. The highest BCUT2D eigenvalue weighted by Crippen LogP contribution is 2.27. The van der Waals surface area contributed by atoms with Crippen molar-refractivity contribution in [3.63, 3.8) is 0 Å². The summed E-state index contributed by atoms with van der Waals surface area (Å²) < 4.78 is 0. The van der Waals surface area contributed by atoms with E-state index in [1.807, 2.05) is 6.07 Å². The van der Waals surface area contributed by atoms with Crippen LogP contribution in [0.25, 0.3) is 11.3 Å². The average molecular weight is 500 g/mol. The number of amides is 1. The van der Waals surface area contributed by atoms with E-state index in [2.05, 4.69) is 94.1 Å². The highest BCUT2D eigenvalue weighted by Gasteiger charge is 2.30. The molecule has 6 bridgehead atoms. The van der Waals surface area contributed by atoms with Crippen LogP contribution in [0.15, 0.2) is 54.7 Å². The molecule has 194 valence electrons. The van der Waals surface area contributed by atoms with Gasteiger partial charge < -0.3 is 20.9 Å². The molecule has 37 heavy (non-hydrogen) atoms. The Labute approximate surface area is 219 Å². The van der Waals surface area contributed by atoms with Gasteiger partial charge in [-0.25, -0.2) is 9.97 Å². The lowest BCUT2D eigenvalue weighted by Gasteiger charge is -2.25. The van der Waals surface area contributed by atoms with Gasteiger partial charge in [-0.15, -0.1) is 0 Å². The first-order chi connectivity index (χ1) is 17.9. The maximum atomic E-state index is 13.1. The molecule has 3 aromatic rings. The molecule has 2 aromatic carbocycles. The standard InChI is InChI=1S/C29H37N7O/c1-20(2)32-24-15-22-16-25(17-24)33-29-31-11-10-26(34-29)23-8-6-21(7-9-23)18-35(3)14-12-30-28(37)27-5-4-13-36(27)19-22/h6-11,15-17,20,27,32H,4-5,12-14,18-19H2,1-3H3,(H,30,37)(H,31,33,34)/t27-/m0/s1. The number of likely N-dealkylation sites (N-methyl/N-ethyl adjacent to an activating group) is 1. The number of hydrogen-bond acceptors (Lipinski definition) is 7. The second kappa shape index (κ2) is 11.3. The molecule has 0 radical (unpaired) electrons. The van der Waals surface area contributed by atoms with Crippen LogP contribution < -0.4 is 16.0 Å². The molecule has 0 aliphatic carbocycles. The van der Waals surface area contributed by atoms with E-state index in [0.717, 1.165) is 60.7 Å². The molecular formula is C29H37N7O. The molecule has 3 aliphatic rings. The van der Waals surface area contributed by atoms with Crippen LogP contribution in [0.3, 0.4) is 0 Å². The van der Waals surface area contributed by atoms with Gasteiger partial charge in [-0.1, -0.05) is 24.3 Å². The van der Waals surface area contributed by atoms with E-state index in [1.54, 1.807) is 6.20 Å². The summed E-state index contributed by atoms with van der Waals surface area (Å²) in [4.78, 5) is 26.9. The molecule has 1 saturated heterocycles. The molecule has 1 atom stereocenters. The van der Waals surface area contributed by atoms with Crippen LogP contribution in [0.5, 0.6) is 0 Å². The number of carbonyl (C=O) groups excluding carboxylic acids is 1. The molecule has 8 heteroatoms. The fraction of sp³-hybridized carbons (Fsp3) is 0.414. The average Bonchev–Trinajstić information content (AvgIpc) is 3.32. The van der Waals surface area contributed by atoms with Crippen LogP contribution in [0.4, 0.5) is 17.3 Å². The fourth-order valence-corrected chi connectivity index (χ4v) is 5.19. The Morgan fingerprint density at radius 3 is 2.68 bits per heavy atom. The minimum absolute atomic E-state index is 0.0958. The number of hydrogen-bond donors (Lipinski definition) is 3. The maximum Gasteiger partial charge on any atom is 0.237 e. The topological polar surface area (TPSA) is 85.4 Å². The van der Waals surface area contributed by atoms with Gasteiger partial charge in [-0.3, -0.25) is 9.69 Å². The van der Waals surface area contributed by atoms with Crippen LogP contribution in [0.1, 0.15) is 37.8 Å². The van der Waals surface area contributed by atoms with E-state index in [0.29, 0.717) is 25.1 Å². The first kappa shape index (κ1) is 25.2. The van der Waals surface area contributed by atoms with E-state index in [4.69, 9.17) is 4.98 Å². The van der Waals surface area contributed by atoms with Crippen molar-refractivity contribution in [2.75, 3.05) is 37.3 Å². The van der Waals surface area contributed by atoms with Gasteiger partial charge in [0.1, 0.15) is 0 Å². The van der Waals surface area contributed by atoms with Crippen molar-refractivity contribution in [2.45, 2.75) is 51.9 Å². The number of carbonyl (C=O) groups is 1. The summed E-state index contributed by atoms with van der Waals surface area (Å²) in [5.74, 6) is 0.687. The molecular weight excluding hydrogens is 462 g/mol. The highest BCUT2D eigenvalue weighted by molar-refractivity contribution is 5.82. The first-order valence-corrected chi connectivity index (χ1v) is 13.2. The summed E-state index contributed by atoms with van der Waals surface area (Å²) in [5, 5.41) is 10.1. The lowest BCUT2D eigenvalue weighted by molar-refractivity contribution is -0.125. The summed E-state index contributed by atoms with van der Waals surface area (Å²) in [6.45, 7) is 8.16. The predicted molar refractivity (Wildman–Crippen MR) is 149 cm³/mol. The molecule has 1 fully saturated rings. The monoisotopic (exact) mass is 499 g/mol. The van der Waals surface area contributed by atoms with Gasteiger partial charge in [0, 0.05) is 55.4 Å². The number of rotatable bonds is 2. The molecule has 6 rings (SSSR count). The maximum absolute atomic E-state index is 13.1. The van der Waals surface area contributed by atoms with Crippen LogP contribution >= 0.6 is 0 Å². The third-order valence-corrected chi connectivity index (χ3v) is 6.91. The number of benzene rings is 2. The number of anilines is 3. The van der Waals surface area contributed by atoms with Crippen molar-refractivity contribution >= 4 is 23.2 Å². The van der Waals surface area contributed by atoms with Gasteiger partial charge in [0.2, 0.25) is 11.9 Å². The minimum Gasteiger partial charge on any atom is -0.383 e. The molecule has 3 aliphatic heterocycles. The quantitative estimate of drug-likeness (QED) is 0.486. The number of nitrogens with one attached hydrogen (secondary N) is 3. The van der Waals surface area contributed by atoms with Crippen molar-refractivity contribution in [3.8, 4) is 11.3 Å². The molecule has 3 N–H and O–H groups in total. The summed E-state index contributed by atoms with van der Waals surface area (Å²) in [6, 6.07) is 17.0. The summed E-state index contributed by atoms with van der Waals surface area (Å²) in [7, 11) is 2.09. The molecule has 0 unspecified atom stereocenters. The SMILES string of the molecule is CC(C)Nc1cc2cc(c1)Nc1nccc(n1)-c1ccc(cc1)CN(C)CCNC(=O)[C@@H]1CCCN1C2. The fourth-order valence-electron chi connectivity index (χ4n) is 5.19. The van der Waals surface area contributed by atoms with Crippen LogP contribution in [0, 0.1) is 0 Å². The molecule has 0 spiro atoms.